The summed E-state index contributed by atoms with van der Waals surface area (Å²) in [6, 6.07) is 0. The summed E-state index contributed by atoms with van der Waals surface area (Å²) in [5.74, 6) is -0.526. The number of unbranched alkanes of at least 4 members (excludes halogenated alkanes) is 52. The van der Waals surface area contributed by atoms with Gasteiger partial charge in [0.2, 0.25) is 0 Å². The number of aliphatic hydroxyl groups excluding tert-OH is 1. The molecule has 0 rings (SSSR count). The maximum Gasteiger partial charge on any atom is 0.472 e. The van der Waals surface area contributed by atoms with E-state index in [9.17, 15) is 43.2 Å². The molecule has 3 N–H and O–H groups in total. The lowest BCUT2D eigenvalue weighted by molar-refractivity contribution is -0.161. The highest BCUT2D eigenvalue weighted by Crippen LogP contribution is 2.45. The van der Waals surface area contributed by atoms with E-state index < -0.39 is 97.5 Å². The van der Waals surface area contributed by atoms with E-state index in [-0.39, 0.29) is 25.7 Å². The van der Waals surface area contributed by atoms with Crippen LogP contribution in [0.2, 0.25) is 0 Å². The molecule has 0 saturated carbocycles. The number of phosphoric acid groups is 2. The normalized spacial score (nSPS) is 13.9. The largest absolute Gasteiger partial charge is 0.472 e. The van der Waals surface area contributed by atoms with Gasteiger partial charge in [-0.3, -0.25) is 37.3 Å². The molecule has 0 fully saturated rings. The van der Waals surface area contributed by atoms with Crippen molar-refractivity contribution in [3.63, 3.8) is 0 Å². The molecule has 17 nitrogen and oxygen atoms in total. The predicted molar refractivity (Wildman–Crippen MR) is 418 cm³/mol. The van der Waals surface area contributed by atoms with Gasteiger partial charge in [-0.05, 0) is 37.5 Å². The van der Waals surface area contributed by atoms with Crippen LogP contribution in [0.3, 0.4) is 0 Å². The van der Waals surface area contributed by atoms with E-state index in [2.05, 4.69) is 41.5 Å². The molecule has 0 aromatic heterocycles. The number of carbonyl (C=O) groups excluding carboxylic acids is 4. The molecule has 0 aromatic carbocycles. The summed E-state index contributed by atoms with van der Waals surface area (Å²) in [6.45, 7) is 9.64. The van der Waals surface area contributed by atoms with Crippen LogP contribution < -0.4 is 0 Å². The summed E-state index contributed by atoms with van der Waals surface area (Å²) in [6.07, 6.45) is 65.5. The first kappa shape index (κ1) is 100. The van der Waals surface area contributed by atoms with Crippen LogP contribution in [0.25, 0.3) is 0 Å². The molecular formula is C83H162O17P2. The summed E-state index contributed by atoms with van der Waals surface area (Å²) in [7, 11) is -9.92. The number of aliphatic hydroxyl groups is 1. The summed E-state index contributed by atoms with van der Waals surface area (Å²) < 4.78 is 68.6. The van der Waals surface area contributed by atoms with Gasteiger partial charge < -0.3 is 33.8 Å². The zero-order chi connectivity index (χ0) is 74.9. The second kappa shape index (κ2) is 74.5. The third kappa shape index (κ3) is 76.3. The van der Waals surface area contributed by atoms with Crippen molar-refractivity contribution in [3.8, 4) is 0 Å². The minimum absolute atomic E-state index is 0.106. The van der Waals surface area contributed by atoms with Gasteiger partial charge in [0.25, 0.3) is 0 Å². The van der Waals surface area contributed by atoms with Crippen LogP contribution in [0.4, 0.5) is 0 Å². The van der Waals surface area contributed by atoms with E-state index >= 15 is 0 Å². The lowest BCUT2D eigenvalue weighted by Crippen LogP contribution is -2.30. The van der Waals surface area contributed by atoms with E-state index in [0.717, 1.165) is 115 Å². The van der Waals surface area contributed by atoms with Crippen LogP contribution in [-0.4, -0.2) is 96.7 Å². The lowest BCUT2D eigenvalue weighted by atomic mass is 10.0. The smallest absolute Gasteiger partial charge is 0.462 e. The Morgan fingerprint density at radius 1 is 0.265 bits per heavy atom. The van der Waals surface area contributed by atoms with Crippen LogP contribution >= 0.6 is 15.6 Å². The zero-order valence-corrected chi connectivity index (χ0v) is 68.7. The first-order valence-corrected chi connectivity index (χ1v) is 46.0. The van der Waals surface area contributed by atoms with Gasteiger partial charge in [0, 0.05) is 25.7 Å². The Labute approximate surface area is 626 Å². The molecule has 0 aliphatic carbocycles. The Bertz CT molecular complexity index is 1960. The Morgan fingerprint density at radius 2 is 0.451 bits per heavy atom. The van der Waals surface area contributed by atoms with Gasteiger partial charge in [-0.25, -0.2) is 9.13 Å². The molecule has 0 aromatic rings. The van der Waals surface area contributed by atoms with Crippen molar-refractivity contribution in [3.05, 3.63) is 0 Å². The molecule has 0 aliphatic rings. The Hall–Kier alpha value is -1.94. The van der Waals surface area contributed by atoms with Gasteiger partial charge in [0.05, 0.1) is 26.4 Å². The Balaban J connectivity index is 5.16. The standard InChI is InChI=1S/C83H162O17P2/c1-7-9-11-13-15-16-17-18-19-20-21-22-26-29-32-37-42-48-54-60-66-81(86)94-72-79(100-82(87)67-61-55-49-43-38-33-30-27-24-23-25-28-31-35-40-46-51-57-63-75(3)4)74-98-102(91,92)96-70-77(84)69-95-101(89,90)97-73-78(71-93-80(85)65-59-53-45-14-12-10-8-2)99-83(88)68-62-56-50-44-39-34-36-41-47-52-58-64-76(5)6/h75-79,84H,7-74H2,1-6H3,(H,89,90)(H,91,92)/t77-,78+,79+/m0/s1. The molecule has 0 spiro atoms. The number of ether oxygens (including phenoxy) is 4. The Morgan fingerprint density at radius 3 is 0.667 bits per heavy atom. The van der Waals surface area contributed by atoms with Crippen LogP contribution in [-0.2, 0) is 65.4 Å². The van der Waals surface area contributed by atoms with Crippen molar-refractivity contribution in [2.24, 2.45) is 11.8 Å². The molecule has 0 radical (unpaired) electrons. The van der Waals surface area contributed by atoms with Crippen molar-refractivity contribution >= 4 is 39.5 Å². The second-order valence-electron chi connectivity index (χ2n) is 30.8. The average molecular weight is 1490 g/mol. The minimum Gasteiger partial charge on any atom is -0.462 e. The zero-order valence-electron chi connectivity index (χ0n) is 66.9. The molecule has 102 heavy (non-hydrogen) atoms. The molecule has 0 amide bonds. The SMILES string of the molecule is CCCCCCCCCCCCCCCCCCCCCCC(=O)OC[C@H](COP(=O)(O)OC[C@@H](O)COP(=O)(O)OC[C@@H](COC(=O)CCCCCCCCC)OC(=O)CCCCCCCCCCCCCC(C)C)OC(=O)CCCCCCCCCCCCCCCCCCCCC(C)C. The van der Waals surface area contributed by atoms with Crippen molar-refractivity contribution in [1.82, 2.24) is 0 Å². The van der Waals surface area contributed by atoms with Gasteiger partial charge in [-0.2, -0.15) is 0 Å². The third-order valence-corrected chi connectivity index (χ3v) is 21.4. The summed E-state index contributed by atoms with van der Waals surface area (Å²) in [4.78, 5) is 72.9. The number of carbonyl (C=O) groups is 4. The third-order valence-electron chi connectivity index (χ3n) is 19.5. The van der Waals surface area contributed by atoms with E-state index in [4.69, 9.17) is 37.0 Å². The quantitative estimate of drug-likeness (QED) is 0.0222. The molecule has 0 bridgehead atoms. The molecule has 5 atom stereocenters. The average Bonchev–Trinajstić information content (AvgIpc) is 0.933. The molecule has 2 unspecified atom stereocenters. The lowest BCUT2D eigenvalue weighted by Gasteiger charge is -2.21. The molecule has 0 saturated heterocycles. The first-order chi connectivity index (χ1) is 49.4. The fourth-order valence-corrected chi connectivity index (χ4v) is 14.5. The van der Waals surface area contributed by atoms with Crippen molar-refractivity contribution in [2.75, 3.05) is 39.6 Å². The van der Waals surface area contributed by atoms with Gasteiger partial charge >= 0.3 is 39.5 Å². The number of esters is 4. The van der Waals surface area contributed by atoms with E-state index in [0.29, 0.717) is 25.7 Å². The highest BCUT2D eigenvalue weighted by atomic mass is 31.2. The van der Waals surface area contributed by atoms with Crippen molar-refractivity contribution in [1.29, 1.82) is 0 Å². The minimum atomic E-state index is -4.96. The van der Waals surface area contributed by atoms with Gasteiger partial charge in [-0.15, -0.1) is 0 Å². The Kier molecular flexibility index (Phi) is 73.1. The first-order valence-electron chi connectivity index (χ1n) is 43.0. The summed E-state index contributed by atoms with van der Waals surface area (Å²) in [5, 5.41) is 10.6. The van der Waals surface area contributed by atoms with E-state index in [1.807, 2.05) is 0 Å². The molecular weight excluding hydrogens is 1330 g/mol. The van der Waals surface area contributed by atoms with Crippen LogP contribution in [0.15, 0.2) is 0 Å². The van der Waals surface area contributed by atoms with Gasteiger partial charge in [-0.1, -0.05) is 388 Å². The maximum absolute atomic E-state index is 13.1. The van der Waals surface area contributed by atoms with Gasteiger partial charge in [0.1, 0.15) is 19.3 Å². The van der Waals surface area contributed by atoms with Crippen molar-refractivity contribution < 1.29 is 80.2 Å². The van der Waals surface area contributed by atoms with Crippen LogP contribution in [0.5, 0.6) is 0 Å². The monoisotopic (exact) mass is 1490 g/mol. The highest BCUT2D eigenvalue weighted by Gasteiger charge is 2.30. The summed E-state index contributed by atoms with van der Waals surface area (Å²) in [5.41, 5.74) is 0. The highest BCUT2D eigenvalue weighted by molar-refractivity contribution is 7.47. The fraction of sp³-hybridized carbons (Fsp3) is 0.952. The van der Waals surface area contributed by atoms with Gasteiger partial charge in [0.15, 0.2) is 12.2 Å². The molecule has 606 valence electrons. The maximum atomic E-state index is 13.1. The van der Waals surface area contributed by atoms with Crippen molar-refractivity contribution in [2.45, 2.75) is 458 Å². The van der Waals surface area contributed by atoms with Crippen LogP contribution in [0.1, 0.15) is 440 Å². The predicted octanol–water partition coefficient (Wildman–Crippen LogP) is 25.1. The fourth-order valence-electron chi connectivity index (χ4n) is 12.9. The number of phosphoric ester groups is 2. The number of hydrogen-bond donors (Lipinski definition) is 3. The van der Waals surface area contributed by atoms with E-state index in [1.54, 1.807) is 0 Å². The number of rotatable bonds is 82. The van der Waals surface area contributed by atoms with Crippen LogP contribution in [0, 0.1) is 11.8 Å². The topological polar surface area (TPSA) is 237 Å². The molecule has 19 heteroatoms. The molecule has 0 heterocycles. The second-order valence-corrected chi connectivity index (χ2v) is 33.7. The molecule has 0 aliphatic heterocycles. The number of hydrogen-bond acceptors (Lipinski definition) is 15. The summed E-state index contributed by atoms with van der Waals surface area (Å²) >= 11 is 0. The van der Waals surface area contributed by atoms with E-state index in [1.165, 1.54) is 244 Å².